The first kappa shape index (κ1) is 14.0. The summed E-state index contributed by atoms with van der Waals surface area (Å²) in [6, 6.07) is 7.63. The summed E-state index contributed by atoms with van der Waals surface area (Å²) in [5.41, 5.74) is 1.74. The van der Waals surface area contributed by atoms with Gasteiger partial charge in [0.05, 0.1) is 0 Å². The van der Waals surface area contributed by atoms with E-state index in [2.05, 4.69) is 21.2 Å². The molecule has 2 heterocycles. The Balaban J connectivity index is 1.56. The minimum atomic E-state index is -0.0797. The smallest absolute Gasteiger partial charge is 0.267 e. The highest BCUT2D eigenvalue weighted by Gasteiger charge is 2.14. The largest absolute Gasteiger partial charge is 0.454 e. The number of aryl methyl sites for hydroxylation is 1. The van der Waals surface area contributed by atoms with Gasteiger partial charge in [0.1, 0.15) is 5.69 Å². The molecule has 0 fully saturated rings. The summed E-state index contributed by atoms with van der Waals surface area (Å²) < 4.78 is 13.3. The second-order valence-electron chi connectivity index (χ2n) is 4.85. The van der Waals surface area contributed by atoms with Gasteiger partial charge >= 0.3 is 0 Å². The molecule has 0 unspecified atom stereocenters. The summed E-state index contributed by atoms with van der Waals surface area (Å²) in [5, 5.41) is 2.92. The van der Waals surface area contributed by atoms with Gasteiger partial charge in [0.25, 0.3) is 5.91 Å². The number of ether oxygens (including phenoxy) is 2. The van der Waals surface area contributed by atoms with Gasteiger partial charge in [-0.1, -0.05) is 6.07 Å². The van der Waals surface area contributed by atoms with Gasteiger partial charge in [-0.2, -0.15) is 0 Å². The van der Waals surface area contributed by atoms with Gasteiger partial charge < -0.3 is 19.4 Å². The Morgan fingerprint density at radius 3 is 2.90 bits per heavy atom. The van der Waals surface area contributed by atoms with Crippen LogP contribution >= 0.6 is 15.9 Å². The van der Waals surface area contributed by atoms with Gasteiger partial charge in [-0.25, -0.2) is 0 Å². The molecular formula is C15H15BrN2O3. The maximum Gasteiger partial charge on any atom is 0.267 e. The summed E-state index contributed by atoms with van der Waals surface area (Å²) in [6.07, 6.45) is 2.60. The first-order valence-electron chi connectivity index (χ1n) is 6.62. The van der Waals surface area contributed by atoms with Crippen molar-refractivity contribution < 1.29 is 14.3 Å². The van der Waals surface area contributed by atoms with Crippen LogP contribution in [0.2, 0.25) is 0 Å². The lowest BCUT2D eigenvalue weighted by Crippen LogP contribution is -2.27. The number of rotatable bonds is 4. The fraction of sp³-hybridized carbons (Fsp3) is 0.267. The lowest BCUT2D eigenvalue weighted by atomic mass is 10.1. The summed E-state index contributed by atoms with van der Waals surface area (Å²) >= 11 is 3.36. The van der Waals surface area contributed by atoms with Crippen molar-refractivity contribution in [2.45, 2.75) is 6.42 Å². The predicted octanol–water partition coefficient (Wildman–Crippen LogP) is 2.49. The van der Waals surface area contributed by atoms with Crippen LogP contribution in [0.3, 0.4) is 0 Å². The van der Waals surface area contributed by atoms with Crippen LogP contribution in [-0.2, 0) is 13.5 Å². The van der Waals surface area contributed by atoms with Crippen molar-refractivity contribution in [2.24, 2.45) is 7.05 Å². The Bertz CT molecular complexity index is 682. The molecule has 3 rings (SSSR count). The predicted molar refractivity (Wildman–Crippen MR) is 81.7 cm³/mol. The number of benzene rings is 1. The molecule has 110 valence electrons. The van der Waals surface area contributed by atoms with Crippen LogP contribution in [0.5, 0.6) is 11.5 Å². The topological polar surface area (TPSA) is 52.5 Å². The zero-order chi connectivity index (χ0) is 14.8. The van der Waals surface area contributed by atoms with Crippen LogP contribution in [-0.4, -0.2) is 23.8 Å². The molecule has 1 aromatic heterocycles. The molecule has 1 aliphatic heterocycles. The van der Waals surface area contributed by atoms with Crippen molar-refractivity contribution in [1.29, 1.82) is 0 Å². The standard InChI is InChI=1S/C15H15BrN2O3/c1-18-8-11(16)7-12(18)15(19)17-5-4-10-2-3-13-14(6-10)21-9-20-13/h2-3,6-8H,4-5,9H2,1H3,(H,17,19). The van der Waals surface area contributed by atoms with E-state index in [4.69, 9.17) is 9.47 Å². The Hall–Kier alpha value is -1.95. The van der Waals surface area contributed by atoms with E-state index in [1.165, 1.54) is 0 Å². The second kappa shape index (κ2) is 5.81. The Morgan fingerprint density at radius 1 is 1.33 bits per heavy atom. The van der Waals surface area contributed by atoms with E-state index in [9.17, 15) is 4.79 Å². The van der Waals surface area contributed by atoms with Crippen LogP contribution < -0.4 is 14.8 Å². The van der Waals surface area contributed by atoms with E-state index in [0.29, 0.717) is 12.2 Å². The summed E-state index contributed by atoms with van der Waals surface area (Å²) in [6.45, 7) is 0.846. The first-order chi connectivity index (χ1) is 10.1. The van der Waals surface area contributed by atoms with Gasteiger partial charge in [-0.15, -0.1) is 0 Å². The monoisotopic (exact) mass is 350 g/mol. The highest BCUT2D eigenvalue weighted by molar-refractivity contribution is 9.10. The number of fused-ring (bicyclic) bond motifs is 1. The zero-order valence-corrected chi connectivity index (χ0v) is 13.1. The number of carbonyl (C=O) groups excluding carboxylic acids is 1. The SMILES string of the molecule is Cn1cc(Br)cc1C(=O)NCCc1ccc2c(c1)OCO2. The maximum absolute atomic E-state index is 12.1. The minimum absolute atomic E-state index is 0.0797. The number of halogens is 1. The van der Waals surface area contributed by atoms with Crippen molar-refractivity contribution in [3.63, 3.8) is 0 Å². The highest BCUT2D eigenvalue weighted by Crippen LogP contribution is 2.32. The third-order valence-electron chi connectivity index (χ3n) is 3.34. The molecule has 0 radical (unpaired) electrons. The van der Waals surface area contributed by atoms with Gasteiger partial charge in [0.2, 0.25) is 6.79 Å². The number of nitrogens with one attached hydrogen (secondary N) is 1. The maximum atomic E-state index is 12.1. The lowest BCUT2D eigenvalue weighted by molar-refractivity contribution is 0.0946. The zero-order valence-electron chi connectivity index (χ0n) is 11.6. The molecule has 0 atom stereocenters. The fourth-order valence-electron chi connectivity index (χ4n) is 2.26. The normalized spacial score (nSPS) is 12.5. The van der Waals surface area contributed by atoms with E-state index in [1.807, 2.05) is 31.4 Å². The highest BCUT2D eigenvalue weighted by atomic mass is 79.9. The number of nitrogens with zero attached hydrogens (tertiary/aromatic N) is 1. The molecule has 0 saturated carbocycles. The molecule has 0 spiro atoms. The molecule has 1 aromatic carbocycles. The number of hydrogen-bond donors (Lipinski definition) is 1. The molecule has 1 amide bonds. The molecule has 5 nitrogen and oxygen atoms in total. The Morgan fingerprint density at radius 2 is 2.14 bits per heavy atom. The number of aromatic nitrogens is 1. The molecule has 1 N–H and O–H groups in total. The first-order valence-corrected chi connectivity index (χ1v) is 7.41. The summed E-state index contributed by atoms with van der Waals surface area (Å²) in [7, 11) is 1.84. The van der Waals surface area contributed by atoms with Gasteiger partial charge in [0, 0.05) is 24.3 Å². The summed E-state index contributed by atoms with van der Waals surface area (Å²) in [4.78, 5) is 12.1. The third kappa shape index (κ3) is 3.05. The van der Waals surface area contributed by atoms with Crippen LogP contribution in [0.15, 0.2) is 34.9 Å². The van der Waals surface area contributed by atoms with Crippen molar-refractivity contribution in [3.05, 3.63) is 46.2 Å². The van der Waals surface area contributed by atoms with Crippen molar-refractivity contribution in [2.75, 3.05) is 13.3 Å². The van der Waals surface area contributed by atoms with Crippen molar-refractivity contribution in [3.8, 4) is 11.5 Å². The quantitative estimate of drug-likeness (QED) is 0.921. The number of amides is 1. The molecule has 0 bridgehead atoms. The molecular weight excluding hydrogens is 336 g/mol. The van der Waals surface area contributed by atoms with Crippen molar-refractivity contribution >= 4 is 21.8 Å². The van der Waals surface area contributed by atoms with E-state index < -0.39 is 0 Å². The lowest BCUT2D eigenvalue weighted by Gasteiger charge is -2.06. The number of hydrogen-bond acceptors (Lipinski definition) is 3. The van der Waals surface area contributed by atoms with Gasteiger partial charge in [-0.05, 0) is 46.1 Å². The molecule has 0 saturated heterocycles. The minimum Gasteiger partial charge on any atom is -0.454 e. The molecule has 1 aliphatic rings. The van der Waals surface area contributed by atoms with Gasteiger partial charge in [-0.3, -0.25) is 4.79 Å². The van der Waals surface area contributed by atoms with E-state index in [0.717, 1.165) is 28.0 Å². The molecule has 21 heavy (non-hydrogen) atoms. The van der Waals surface area contributed by atoms with E-state index in [1.54, 1.807) is 10.6 Å². The second-order valence-corrected chi connectivity index (χ2v) is 5.76. The fourth-order valence-corrected chi connectivity index (χ4v) is 2.78. The Kier molecular flexibility index (Phi) is 3.88. The average molecular weight is 351 g/mol. The Labute approximate surface area is 131 Å². The average Bonchev–Trinajstić information content (AvgIpc) is 3.04. The van der Waals surface area contributed by atoms with Gasteiger partial charge in [0.15, 0.2) is 11.5 Å². The molecule has 6 heteroatoms. The van der Waals surface area contributed by atoms with E-state index >= 15 is 0 Å². The third-order valence-corrected chi connectivity index (χ3v) is 3.77. The van der Waals surface area contributed by atoms with Crippen LogP contribution in [0, 0.1) is 0 Å². The van der Waals surface area contributed by atoms with Crippen molar-refractivity contribution in [1.82, 2.24) is 9.88 Å². The van der Waals surface area contributed by atoms with Crippen LogP contribution in [0.1, 0.15) is 16.1 Å². The molecule has 2 aromatic rings. The van der Waals surface area contributed by atoms with E-state index in [-0.39, 0.29) is 12.7 Å². The van der Waals surface area contributed by atoms with Crippen LogP contribution in [0.25, 0.3) is 0 Å². The number of carbonyl (C=O) groups is 1. The van der Waals surface area contributed by atoms with Crippen LogP contribution in [0.4, 0.5) is 0 Å². The summed E-state index contributed by atoms with van der Waals surface area (Å²) in [5.74, 6) is 1.46. The molecule has 0 aliphatic carbocycles.